The normalized spacial score (nSPS) is 15.1. The highest BCUT2D eigenvalue weighted by molar-refractivity contribution is 5.72. The quantitative estimate of drug-likeness (QED) is 0.736. The molecule has 0 aliphatic heterocycles. The summed E-state index contributed by atoms with van der Waals surface area (Å²) in [6.07, 6.45) is 4.90. The van der Waals surface area contributed by atoms with E-state index in [1.165, 1.54) is 31.2 Å². The fourth-order valence-corrected chi connectivity index (χ4v) is 3.47. The van der Waals surface area contributed by atoms with E-state index in [2.05, 4.69) is 35.0 Å². The molecule has 23 heavy (non-hydrogen) atoms. The lowest BCUT2D eigenvalue weighted by Gasteiger charge is -2.14. The molecule has 3 heteroatoms. The molecular weight excluding hydrogens is 284 g/mol. The lowest BCUT2D eigenvalue weighted by molar-refractivity contribution is 0.469. The molecule has 0 spiro atoms. The maximum atomic E-state index is 10.2. The molecule has 0 amide bonds. The zero-order chi connectivity index (χ0) is 15.6. The summed E-state index contributed by atoms with van der Waals surface area (Å²) < 4.78 is 2.17. The highest BCUT2D eigenvalue weighted by Crippen LogP contribution is 2.37. The molecule has 0 saturated heterocycles. The molecule has 1 saturated carbocycles. The summed E-state index contributed by atoms with van der Waals surface area (Å²) in [6.45, 7) is 0. The van der Waals surface area contributed by atoms with Crippen LogP contribution in [0, 0.1) is 0 Å². The number of para-hydroxylation sites is 1. The maximum Gasteiger partial charge on any atom is 0.125 e. The third-order valence-electron chi connectivity index (χ3n) is 4.66. The van der Waals surface area contributed by atoms with E-state index in [1.54, 1.807) is 6.07 Å². The van der Waals surface area contributed by atoms with Gasteiger partial charge in [-0.05, 0) is 36.6 Å². The van der Waals surface area contributed by atoms with Crippen LogP contribution in [0.4, 0.5) is 0 Å². The fourth-order valence-electron chi connectivity index (χ4n) is 3.47. The van der Waals surface area contributed by atoms with Crippen molar-refractivity contribution >= 4 is 0 Å². The molecule has 2 aromatic carbocycles. The predicted molar refractivity (Wildman–Crippen MR) is 92.3 cm³/mol. The second-order valence-electron chi connectivity index (χ2n) is 6.18. The van der Waals surface area contributed by atoms with Crippen molar-refractivity contribution in [2.24, 2.45) is 0 Å². The van der Waals surface area contributed by atoms with Crippen LogP contribution in [0.15, 0.2) is 60.7 Å². The lowest BCUT2D eigenvalue weighted by atomic mass is 10.1. The first-order valence-corrected chi connectivity index (χ1v) is 8.26. The topological polar surface area (TPSA) is 38.0 Å². The van der Waals surface area contributed by atoms with Crippen molar-refractivity contribution in [2.45, 2.75) is 31.7 Å². The third kappa shape index (κ3) is 2.63. The molecule has 4 rings (SSSR count). The molecule has 3 nitrogen and oxygen atoms in total. The van der Waals surface area contributed by atoms with Crippen molar-refractivity contribution in [3.63, 3.8) is 0 Å². The third-order valence-corrected chi connectivity index (χ3v) is 4.66. The van der Waals surface area contributed by atoms with E-state index in [-0.39, 0.29) is 5.75 Å². The van der Waals surface area contributed by atoms with Gasteiger partial charge >= 0.3 is 0 Å². The van der Waals surface area contributed by atoms with Crippen LogP contribution in [-0.2, 0) is 0 Å². The average molecular weight is 304 g/mol. The van der Waals surface area contributed by atoms with Crippen LogP contribution in [0.3, 0.4) is 0 Å². The van der Waals surface area contributed by atoms with Gasteiger partial charge in [0.05, 0.1) is 17.4 Å². The summed E-state index contributed by atoms with van der Waals surface area (Å²) in [6, 6.07) is 20.4. The summed E-state index contributed by atoms with van der Waals surface area (Å²) in [5.41, 5.74) is 3.94. The van der Waals surface area contributed by atoms with Gasteiger partial charge < -0.3 is 5.11 Å². The molecule has 1 heterocycles. The van der Waals surface area contributed by atoms with Crippen molar-refractivity contribution in [3.8, 4) is 28.3 Å². The summed E-state index contributed by atoms with van der Waals surface area (Å²) >= 11 is 0. The Morgan fingerprint density at radius 1 is 0.913 bits per heavy atom. The Hall–Kier alpha value is -2.55. The highest BCUT2D eigenvalue weighted by Gasteiger charge is 2.22. The Morgan fingerprint density at radius 3 is 2.35 bits per heavy atom. The first-order chi connectivity index (χ1) is 11.3. The fraction of sp³-hybridized carbons (Fsp3) is 0.250. The van der Waals surface area contributed by atoms with E-state index >= 15 is 0 Å². The number of hydrogen-bond acceptors (Lipinski definition) is 2. The van der Waals surface area contributed by atoms with E-state index in [0.29, 0.717) is 6.04 Å². The number of aromatic hydroxyl groups is 1. The standard InChI is InChI=1S/C20H20N2O/c23-20-13-7-6-12-17(20)18-14-19(15-8-2-1-3-9-15)22(21-18)16-10-4-5-11-16/h1-3,6-9,12-14,16,23H,4-5,10-11H2. The predicted octanol–water partition coefficient (Wildman–Crippen LogP) is 5.04. The molecule has 1 aliphatic rings. The number of rotatable bonds is 3. The van der Waals surface area contributed by atoms with Gasteiger partial charge in [-0.15, -0.1) is 0 Å². The van der Waals surface area contributed by atoms with Crippen molar-refractivity contribution < 1.29 is 5.11 Å². The van der Waals surface area contributed by atoms with Gasteiger partial charge in [-0.1, -0.05) is 55.3 Å². The minimum atomic E-state index is 0.281. The Labute approximate surface area is 136 Å². The highest BCUT2D eigenvalue weighted by atomic mass is 16.3. The number of nitrogens with zero attached hydrogens (tertiary/aromatic N) is 2. The van der Waals surface area contributed by atoms with Gasteiger partial charge in [0.15, 0.2) is 0 Å². The summed E-state index contributed by atoms with van der Waals surface area (Å²) in [7, 11) is 0. The number of phenols is 1. The van der Waals surface area contributed by atoms with E-state index in [0.717, 1.165) is 17.0 Å². The van der Waals surface area contributed by atoms with Crippen LogP contribution in [-0.4, -0.2) is 14.9 Å². The van der Waals surface area contributed by atoms with Crippen LogP contribution >= 0.6 is 0 Å². The number of benzene rings is 2. The molecular formula is C20H20N2O. The number of hydrogen-bond donors (Lipinski definition) is 1. The first kappa shape index (κ1) is 14.1. The monoisotopic (exact) mass is 304 g/mol. The molecule has 0 unspecified atom stereocenters. The molecule has 1 aromatic heterocycles. The Morgan fingerprint density at radius 2 is 1.61 bits per heavy atom. The van der Waals surface area contributed by atoms with Gasteiger partial charge in [0.25, 0.3) is 0 Å². The van der Waals surface area contributed by atoms with Gasteiger partial charge in [0, 0.05) is 5.56 Å². The summed E-state index contributed by atoms with van der Waals surface area (Å²) in [5, 5.41) is 15.0. The van der Waals surface area contributed by atoms with E-state index < -0.39 is 0 Å². The van der Waals surface area contributed by atoms with Gasteiger partial charge in [-0.2, -0.15) is 5.10 Å². The molecule has 3 aromatic rings. The zero-order valence-corrected chi connectivity index (χ0v) is 13.0. The van der Waals surface area contributed by atoms with E-state index in [1.807, 2.05) is 24.3 Å². The van der Waals surface area contributed by atoms with Gasteiger partial charge in [0.2, 0.25) is 0 Å². The van der Waals surface area contributed by atoms with Gasteiger partial charge in [-0.25, -0.2) is 0 Å². The van der Waals surface area contributed by atoms with Gasteiger partial charge in [-0.3, -0.25) is 4.68 Å². The average Bonchev–Trinajstić information content (AvgIpc) is 3.25. The molecule has 1 N–H and O–H groups in total. The van der Waals surface area contributed by atoms with Gasteiger partial charge in [0.1, 0.15) is 5.75 Å². The van der Waals surface area contributed by atoms with Crippen molar-refractivity contribution in [2.75, 3.05) is 0 Å². The largest absolute Gasteiger partial charge is 0.507 e. The minimum absolute atomic E-state index is 0.281. The van der Waals surface area contributed by atoms with Crippen LogP contribution < -0.4 is 0 Å². The second-order valence-corrected chi connectivity index (χ2v) is 6.18. The molecule has 1 aliphatic carbocycles. The zero-order valence-electron chi connectivity index (χ0n) is 13.0. The van der Waals surface area contributed by atoms with E-state index in [4.69, 9.17) is 5.10 Å². The van der Waals surface area contributed by atoms with Crippen molar-refractivity contribution in [1.29, 1.82) is 0 Å². The summed E-state index contributed by atoms with van der Waals surface area (Å²) in [4.78, 5) is 0. The van der Waals surface area contributed by atoms with Crippen molar-refractivity contribution in [3.05, 3.63) is 60.7 Å². The number of phenolic OH excluding ortho intramolecular Hbond substituents is 1. The Kier molecular flexibility index (Phi) is 3.62. The molecule has 0 atom stereocenters. The van der Waals surface area contributed by atoms with Crippen molar-refractivity contribution in [1.82, 2.24) is 9.78 Å². The minimum Gasteiger partial charge on any atom is -0.507 e. The van der Waals surface area contributed by atoms with Crippen LogP contribution in [0.5, 0.6) is 5.75 Å². The molecule has 0 radical (unpaired) electrons. The lowest BCUT2D eigenvalue weighted by Crippen LogP contribution is -2.08. The summed E-state index contributed by atoms with van der Waals surface area (Å²) in [5.74, 6) is 0.281. The first-order valence-electron chi connectivity index (χ1n) is 8.26. The van der Waals surface area contributed by atoms with E-state index in [9.17, 15) is 5.11 Å². The number of aromatic nitrogens is 2. The SMILES string of the molecule is Oc1ccccc1-c1cc(-c2ccccc2)n(C2CCCC2)n1. The smallest absolute Gasteiger partial charge is 0.125 e. The Balaban J connectivity index is 1.85. The maximum absolute atomic E-state index is 10.2. The van der Waals surface area contributed by atoms with Crippen LogP contribution in [0.25, 0.3) is 22.5 Å². The van der Waals surface area contributed by atoms with Crippen LogP contribution in [0.2, 0.25) is 0 Å². The Bertz CT molecular complexity index is 802. The molecule has 0 bridgehead atoms. The second kappa shape index (κ2) is 5.92. The van der Waals surface area contributed by atoms with Crippen LogP contribution in [0.1, 0.15) is 31.7 Å². The molecule has 116 valence electrons. The molecule has 1 fully saturated rings.